The zero-order valence-electron chi connectivity index (χ0n) is 14.6. The Balaban J connectivity index is 2.04. The molecule has 0 aromatic heterocycles. The van der Waals surface area contributed by atoms with Crippen molar-refractivity contribution in [3.05, 3.63) is 29.8 Å². The van der Waals surface area contributed by atoms with Gasteiger partial charge in [-0.3, -0.25) is 9.59 Å². The van der Waals surface area contributed by atoms with Crippen molar-refractivity contribution < 1.29 is 23.1 Å². The molecule has 0 radical (unpaired) electrons. The van der Waals surface area contributed by atoms with E-state index in [1.807, 2.05) is 0 Å². The van der Waals surface area contributed by atoms with Crippen LogP contribution in [0.3, 0.4) is 0 Å². The molecule has 1 fully saturated rings. The van der Waals surface area contributed by atoms with E-state index in [0.29, 0.717) is 19.5 Å². The quantitative estimate of drug-likeness (QED) is 0.725. The van der Waals surface area contributed by atoms with Gasteiger partial charge in [-0.1, -0.05) is 26.0 Å². The Bertz CT molecular complexity index is 741. The third-order valence-corrected chi connectivity index (χ3v) is 6.59. The van der Waals surface area contributed by atoms with Crippen molar-refractivity contribution >= 4 is 21.9 Å². The van der Waals surface area contributed by atoms with Gasteiger partial charge in [0, 0.05) is 13.1 Å². The van der Waals surface area contributed by atoms with Crippen LogP contribution in [0.4, 0.5) is 0 Å². The zero-order valence-corrected chi connectivity index (χ0v) is 15.4. The summed E-state index contributed by atoms with van der Waals surface area (Å²) in [5, 5.41) is 11.7. The number of aliphatic carboxylic acids is 1. The number of rotatable bonds is 8. The van der Waals surface area contributed by atoms with Crippen LogP contribution in [0.5, 0.6) is 0 Å². The van der Waals surface area contributed by atoms with Crippen molar-refractivity contribution in [1.29, 1.82) is 0 Å². The summed E-state index contributed by atoms with van der Waals surface area (Å²) >= 11 is 0. The standard InChI is InChI=1S/C17H24N2O5S/c1-4-19(5-2)25(23,24)13-8-6-12(7-9-13)11(3)18-16(20)14-10-15(14)17(21)22/h6-9,11,14-15H,4-5,10H2,1-3H3,(H,18,20)(H,21,22). The second-order valence-electron chi connectivity index (χ2n) is 6.18. The average Bonchev–Trinajstić information content (AvgIpc) is 3.36. The molecule has 0 aliphatic heterocycles. The molecule has 1 amide bonds. The van der Waals surface area contributed by atoms with Crippen LogP contribution < -0.4 is 5.32 Å². The number of carbonyl (C=O) groups is 2. The number of nitrogens with zero attached hydrogens (tertiary/aromatic N) is 1. The van der Waals surface area contributed by atoms with Crippen LogP contribution in [-0.4, -0.2) is 42.8 Å². The predicted molar refractivity (Wildman–Crippen MR) is 92.3 cm³/mol. The summed E-state index contributed by atoms with van der Waals surface area (Å²) in [6.07, 6.45) is 0.370. The number of amides is 1. The van der Waals surface area contributed by atoms with Gasteiger partial charge in [-0.25, -0.2) is 8.42 Å². The van der Waals surface area contributed by atoms with Crippen LogP contribution in [0.25, 0.3) is 0 Å². The Labute approximate surface area is 148 Å². The Hall–Kier alpha value is -1.93. The van der Waals surface area contributed by atoms with E-state index in [0.717, 1.165) is 5.56 Å². The SMILES string of the molecule is CCN(CC)S(=O)(=O)c1ccc(C(C)NC(=O)C2CC2C(=O)O)cc1. The molecule has 0 heterocycles. The number of sulfonamides is 1. The third kappa shape index (κ3) is 4.19. The fraction of sp³-hybridized carbons (Fsp3) is 0.529. The first-order valence-corrected chi connectivity index (χ1v) is 9.79. The molecule has 1 aliphatic carbocycles. The summed E-state index contributed by atoms with van der Waals surface area (Å²) in [6, 6.07) is 6.07. The normalized spacial score (nSPS) is 21.0. The topological polar surface area (TPSA) is 104 Å². The minimum Gasteiger partial charge on any atom is -0.481 e. The molecule has 3 atom stereocenters. The molecule has 8 heteroatoms. The van der Waals surface area contributed by atoms with E-state index < -0.39 is 27.8 Å². The van der Waals surface area contributed by atoms with E-state index in [9.17, 15) is 18.0 Å². The van der Waals surface area contributed by atoms with E-state index in [-0.39, 0.29) is 16.8 Å². The first-order chi connectivity index (χ1) is 11.7. The summed E-state index contributed by atoms with van der Waals surface area (Å²) in [5.41, 5.74) is 0.763. The number of hydrogen-bond donors (Lipinski definition) is 2. The second-order valence-corrected chi connectivity index (χ2v) is 8.11. The minimum atomic E-state index is -3.51. The number of benzene rings is 1. The predicted octanol–water partition coefficient (Wildman–Crippen LogP) is 1.61. The van der Waals surface area contributed by atoms with Crippen molar-refractivity contribution in [3.63, 3.8) is 0 Å². The highest BCUT2D eigenvalue weighted by molar-refractivity contribution is 7.89. The highest BCUT2D eigenvalue weighted by atomic mass is 32.2. The van der Waals surface area contributed by atoms with Crippen LogP contribution in [0.15, 0.2) is 29.2 Å². The van der Waals surface area contributed by atoms with E-state index in [4.69, 9.17) is 5.11 Å². The van der Waals surface area contributed by atoms with Crippen LogP contribution in [0.1, 0.15) is 38.8 Å². The molecule has 138 valence electrons. The van der Waals surface area contributed by atoms with E-state index in [1.165, 1.54) is 16.4 Å². The van der Waals surface area contributed by atoms with Gasteiger partial charge in [0.05, 0.1) is 22.8 Å². The second kappa shape index (κ2) is 7.53. The highest BCUT2D eigenvalue weighted by Gasteiger charge is 2.48. The molecule has 0 spiro atoms. The van der Waals surface area contributed by atoms with Gasteiger partial charge in [0.2, 0.25) is 15.9 Å². The molecular formula is C17H24N2O5S. The van der Waals surface area contributed by atoms with Gasteiger partial charge >= 0.3 is 5.97 Å². The monoisotopic (exact) mass is 368 g/mol. The van der Waals surface area contributed by atoms with E-state index in [2.05, 4.69) is 5.32 Å². The fourth-order valence-electron chi connectivity index (χ4n) is 2.80. The molecule has 1 aromatic rings. The number of nitrogens with one attached hydrogen (secondary N) is 1. The summed E-state index contributed by atoms with van der Waals surface area (Å²) in [4.78, 5) is 23.1. The van der Waals surface area contributed by atoms with Crippen molar-refractivity contribution in [3.8, 4) is 0 Å². The lowest BCUT2D eigenvalue weighted by atomic mass is 10.1. The molecule has 0 bridgehead atoms. The summed E-state index contributed by atoms with van der Waals surface area (Å²) < 4.78 is 26.3. The molecule has 0 saturated heterocycles. The van der Waals surface area contributed by atoms with E-state index >= 15 is 0 Å². The number of carboxylic acid groups (broad SMARTS) is 1. The Kier molecular flexibility index (Phi) is 5.84. The summed E-state index contributed by atoms with van der Waals surface area (Å²) in [6.45, 7) is 6.16. The maximum Gasteiger partial charge on any atom is 0.307 e. The van der Waals surface area contributed by atoms with Gasteiger partial charge in [-0.05, 0) is 31.0 Å². The number of carbonyl (C=O) groups excluding carboxylic acids is 1. The van der Waals surface area contributed by atoms with Crippen molar-refractivity contribution in [2.45, 2.75) is 38.1 Å². The van der Waals surface area contributed by atoms with Crippen LogP contribution in [0, 0.1) is 11.8 Å². The van der Waals surface area contributed by atoms with Gasteiger partial charge in [0.15, 0.2) is 0 Å². The van der Waals surface area contributed by atoms with Gasteiger partial charge in [-0.15, -0.1) is 0 Å². The molecule has 25 heavy (non-hydrogen) atoms. The Morgan fingerprint density at radius 3 is 2.20 bits per heavy atom. The Morgan fingerprint density at radius 2 is 1.76 bits per heavy atom. The maximum atomic E-state index is 12.5. The van der Waals surface area contributed by atoms with Crippen LogP contribution in [0.2, 0.25) is 0 Å². The van der Waals surface area contributed by atoms with E-state index in [1.54, 1.807) is 32.9 Å². The van der Waals surface area contributed by atoms with Crippen molar-refractivity contribution in [2.24, 2.45) is 11.8 Å². The molecule has 2 N–H and O–H groups in total. The van der Waals surface area contributed by atoms with Gasteiger partial charge < -0.3 is 10.4 Å². The average molecular weight is 368 g/mol. The molecule has 2 rings (SSSR count). The number of carboxylic acids is 1. The molecule has 1 aromatic carbocycles. The van der Waals surface area contributed by atoms with Crippen LogP contribution >= 0.6 is 0 Å². The zero-order chi connectivity index (χ0) is 18.8. The maximum absolute atomic E-state index is 12.5. The molecule has 1 aliphatic rings. The third-order valence-electron chi connectivity index (χ3n) is 4.53. The smallest absolute Gasteiger partial charge is 0.307 e. The molecule has 7 nitrogen and oxygen atoms in total. The largest absolute Gasteiger partial charge is 0.481 e. The van der Waals surface area contributed by atoms with Crippen molar-refractivity contribution in [2.75, 3.05) is 13.1 Å². The minimum absolute atomic E-state index is 0.214. The molecular weight excluding hydrogens is 344 g/mol. The lowest BCUT2D eigenvalue weighted by Gasteiger charge is -2.19. The summed E-state index contributed by atoms with van der Waals surface area (Å²) in [7, 11) is -3.51. The van der Waals surface area contributed by atoms with Gasteiger partial charge in [0.25, 0.3) is 0 Å². The fourth-order valence-corrected chi connectivity index (χ4v) is 4.26. The first kappa shape index (κ1) is 19.4. The highest BCUT2D eigenvalue weighted by Crippen LogP contribution is 2.39. The van der Waals surface area contributed by atoms with Gasteiger partial charge in [-0.2, -0.15) is 4.31 Å². The molecule has 1 saturated carbocycles. The Morgan fingerprint density at radius 1 is 1.20 bits per heavy atom. The summed E-state index contributed by atoms with van der Waals surface area (Å²) in [5.74, 6) is -2.28. The lowest BCUT2D eigenvalue weighted by molar-refractivity contribution is -0.140. The lowest BCUT2D eigenvalue weighted by Crippen LogP contribution is -2.31. The van der Waals surface area contributed by atoms with Crippen molar-refractivity contribution in [1.82, 2.24) is 9.62 Å². The van der Waals surface area contributed by atoms with Crippen LogP contribution in [-0.2, 0) is 19.6 Å². The van der Waals surface area contributed by atoms with Gasteiger partial charge in [0.1, 0.15) is 0 Å². The molecule has 3 unspecified atom stereocenters. The first-order valence-electron chi connectivity index (χ1n) is 8.35. The number of hydrogen-bond acceptors (Lipinski definition) is 4.